The van der Waals surface area contributed by atoms with Crippen LogP contribution in [0.2, 0.25) is 0 Å². The molecule has 1 aromatic heterocycles. The van der Waals surface area contributed by atoms with E-state index in [4.69, 9.17) is 5.73 Å². The highest BCUT2D eigenvalue weighted by atomic mass is 32.2. The molecule has 0 spiro atoms. The molecule has 7 nitrogen and oxygen atoms in total. The Kier molecular flexibility index (Phi) is 3.78. The van der Waals surface area contributed by atoms with Gasteiger partial charge in [-0.15, -0.1) is 10.2 Å². The molecule has 0 aliphatic heterocycles. The first-order valence-corrected chi connectivity index (χ1v) is 7.52. The Morgan fingerprint density at radius 3 is 2.70 bits per heavy atom. The van der Waals surface area contributed by atoms with E-state index in [2.05, 4.69) is 14.9 Å². The van der Waals surface area contributed by atoms with Gasteiger partial charge in [-0.3, -0.25) is 0 Å². The minimum absolute atomic E-state index is 0.173. The molecule has 0 radical (unpaired) electrons. The predicted molar refractivity (Wildman–Crippen MR) is 75.3 cm³/mol. The highest BCUT2D eigenvalue weighted by Crippen LogP contribution is 2.20. The molecule has 1 atom stereocenters. The number of nitrogens with one attached hydrogen (secondary N) is 1. The first-order chi connectivity index (χ1) is 9.31. The monoisotopic (exact) mass is 295 g/mol. The quantitative estimate of drug-likeness (QED) is 0.810. The van der Waals surface area contributed by atoms with Gasteiger partial charge < -0.3 is 10.3 Å². The number of aryl methyl sites for hydroxylation is 2. The number of nitrogen functional groups attached to an aromatic ring is 1. The number of hydrogen-bond donors (Lipinski definition) is 2. The van der Waals surface area contributed by atoms with E-state index in [1.165, 1.54) is 12.4 Å². The Hall–Kier alpha value is -1.93. The highest BCUT2D eigenvalue weighted by molar-refractivity contribution is 7.89. The number of rotatable bonds is 4. The van der Waals surface area contributed by atoms with Crippen LogP contribution in [0.3, 0.4) is 0 Å². The van der Waals surface area contributed by atoms with Gasteiger partial charge in [0.1, 0.15) is 12.2 Å². The van der Waals surface area contributed by atoms with Crippen LogP contribution in [0.1, 0.15) is 24.4 Å². The number of hydrogen-bond acceptors (Lipinski definition) is 5. The van der Waals surface area contributed by atoms with E-state index < -0.39 is 16.1 Å². The maximum atomic E-state index is 12.4. The largest absolute Gasteiger partial charge is 0.399 e. The Labute approximate surface area is 117 Å². The number of sulfonamides is 1. The van der Waals surface area contributed by atoms with Crippen LogP contribution < -0.4 is 10.5 Å². The molecule has 0 saturated carbocycles. The van der Waals surface area contributed by atoms with Crippen LogP contribution in [-0.4, -0.2) is 23.2 Å². The lowest BCUT2D eigenvalue weighted by atomic mass is 10.2. The van der Waals surface area contributed by atoms with E-state index in [1.807, 2.05) is 0 Å². The van der Waals surface area contributed by atoms with Crippen molar-refractivity contribution in [2.45, 2.75) is 24.8 Å². The molecule has 1 aromatic carbocycles. The fraction of sp³-hybridized carbons (Fsp3) is 0.333. The van der Waals surface area contributed by atoms with Crippen molar-refractivity contribution < 1.29 is 8.42 Å². The topological polar surface area (TPSA) is 103 Å². The molecule has 20 heavy (non-hydrogen) atoms. The SMILES string of the molecule is Cc1ccc(N)cc1S(=O)(=O)NC(C)c1nncn1C. The number of nitrogens with two attached hydrogens (primary N) is 1. The standard InChI is InChI=1S/C12H17N5O2S/c1-8-4-5-10(13)6-11(8)20(18,19)16-9(2)12-15-14-7-17(12)3/h4-7,9,16H,13H2,1-3H3. The summed E-state index contributed by atoms with van der Waals surface area (Å²) in [5.41, 5.74) is 6.70. The minimum atomic E-state index is -3.67. The maximum absolute atomic E-state index is 12.4. The van der Waals surface area contributed by atoms with Crippen LogP contribution in [-0.2, 0) is 17.1 Å². The number of benzene rings is 1. The first-order valence-electron chi connectivity index (χ1n) is 6.03. The second kappa shape index (κ2) is 5.22. The van der Waals surface area contributed by atoms with Crippen LogP contribution in [0.15, 0.2) is 29.4 Å². The normalized spacial score (nSPS) is 13.3. The van der Waals surface area contributed by atoms with Gasteiger partial charge in [0.2, 0.25) is 10.0 Å². The van der Waals surface area contributed by atoms with Crippen molar-refractivity contribution in [1.82, 2.24) is 19.5 Å². The molecule has 0 fully saturated rings. The van der Waals surface area contributed by atoms with Gasteiger partial charge in [-0.05, 0) is 31.5 Å². The van der Waals surface area contributed by atoms with Crippen molar-refractivity contribution in [2.75, 3.05) is 5.73 Å². The van der Waals surface area contributed by atoms with Crippen molar-refractivity contribution >= 4 is 15.7 Å². The number of anilines is 1. The Morgan fingerprint density at radius 2 is 2.10 bits per heavy atom. The summed E-state index contributed by atoms with van der Waals surface area (Å²) >= 11 is 0. The Balaban J connectivity index is 2.32. The molecule has 0 saturated heterocycles. The van der Waals surface area contributed by atoms with Crippen molar-refractivity contribution in [1.29, 1.82) is 0 Å². The average molecular weight is 295 g/mol. The maximum Gasteiger partial charge on any atom is 0.241 e. The lowest BCUT2D eigenvalue weighted by molar-refractivity contribution is 0.553. The van der Waals surface area contributed by atoms with E-state index in [-0.39, 0.29) is 4.90 Å². The van der Waals surface area contributed by atoms with Crippen LogP contribution in [0, 0.1) is 6.92 Å². The van der Waals surface area contributed by atoms with Crippen molar-refractivity contribution in [3.05, 3.63) is 35.9 Å². The highest BCUT2D eigenvalue weighted by Gasteiger charge is 2.22. The molecule has 1 unspecified atom stereocenters. The fourth-order valence-electron chi connectivity index (χ4n) is 1.94. The molecule has 0 aliphatic rings. The van der Waals surface area contributed by atoms with Crippen molar-refractivity contribution in [3.8, 4) is 0 Å². The third kappa shape index (κ3) is 2.81. The molecule has 0 aliphatic carbocycles. The van der Waals surface area contributed by atoms with Crippen LogP contribution in [0.25, 0.3) is 0 Å². The van der Waals surface area contributed by atoms with Gasteiger partial charge in [-0.2, -0.15) is 0 Å². The first kappa shape index (κ1) is 14.5. The molecule has 0 amide bonds. The van der Waals surface area contributed by atoms with Gasteiger partial charge >= 0.3 is 0 Å². The summed E-state index contributed by atoms with van der Waals surface area (Å²) in [5.74, 6) is 0.537. The predicted octanol–water partition coefficient (Wildman–Crippen LogP) is 0.745. The van der Waals surface area contributed by atoms with E-state index in [0.29, 0.717) is 17.1 Å². The summed E-state index contributed by atoms with van der Waals surface area (Å²) in [5, 5.41) is 7.63. The second-order valence-electron chi connectivity index (χ2n) is 4.67. The van der Waals surface area contributed by atoms with Crippen molar-refractivity contribution in [2.24, 2.45) is 7.05 Å². The lowest BCUT2D eigenvalue weighted by Crippen LogP contribution is -2.29. The summed E-state index contributed by atoms with van der Waals surface area (Å²) < 4.78 is 29.0. The zero-order valence-electron chi connectivity index (χ0n) is 11.5. The third-order valence-electron chi connectivity index (χ3n) is 2.97. The lowest BCUT2D eigenvalue weighted by Gasteiger charge is -2.15. The Bertz CT molecular complexity index is 723. The van der Waals surface area contributed by atoms with Gasteiger partial charge in [-0.25, -0.2) is 13.1 Å². The smallest absolute Gasteiger partial charge is 0.241 e. The van der Waals surface area contributed by atoms with Gasteiger partial charge in [0.15, 0.2) is 0 Å². The Morgan fingerprint density at radius 1 is 1.40 bits per heavy atom. The molecule has 2 aromatic rings. The summed E-state index contributed by atoms with van der Waals surface area (Å²) in [4.78, 5) is 0.173. The second-order valence-corrected chi connectivity index (χ2v) is 6.35. The number of nitrogens with zero attached hydrogens (tertiary/aromatic N) is 3. The average Bonchev–Trinajstić information content (AvgIpc) is 2.78. The van der Waals surface area contributed by atoms with Crippen molar-refractivity contribution in [3.63, 3.8) is 0 Å². The molecule has 0 bridgehead atoms. The van der Waals surface area contributed by atoms with Crippen LogP contribution in [0.4, 0.5) is 5.69 Å². The van der Waals surface area contributed by atoms with Crippen LogP contribution in [0.5, 0.6) is 0 Å². The molecular weight excluding hydrogens is 278 g/mol. The summed E-state index contributed by atoms with van der Waals surface area (Å²) in [7, 11) is -1.91. The fourth-order valence-corrected chi connectivity index (χ4v) is 3.42. The van der Waals surface area contributed by atoms with E-state index in [1.54, 1.807) is 37.6 Å². The zero-order chi connectivity index (χ0) is 14.9. The molecule has 8 heteroatoms. The minimum Gasteiger partial charge on any atom is -0.399 e. The molecule has 108 valence electrons. The van der Waals surface area contributed by atoms with Gasteiger partial charge in [0.05, 0.1) is 10.9 Å². The summed E-state index contributed by atoms with van der Waals surface area (Å²) in [6.45, 7) is 3.43. The number of aromatic nitrogens is 3. The van der Waals surface area contributed by atoms with Gasteiger partial charge in [-0.1, -0.05) is 6.07 Å². The van der Waals surface area contributed by atoms with Gasteiger partial charge in [0, 0.05) is 12.7 Å². The van der Waals surface area contributed by atoms with Gasteiger partial charge in [0.25, 0.3) is 0 Å². The third-order valence-corrected chi connectivity index (χ3v) is 4.65. The van der Waals surface area contributed by atoms with E-state index >= 15 is 0 Å². The molecular formula is C12H17N5O2S. The molecule has 3 N–H and O–H groups in total. The van der Waals surface area contributed by atoms with E-state index in [0.717, 1.165) is 0 Å². The zero-order valence-corrected chi connectivity index (χ0v) is 12.3. The van der Waals surface area contributed by atoms with Crippen LogP contribution >= 0.6 is 0 Å². The summed E-state index contributed by atoms with van der Waals surface area (Å²) in [6, 6.07) is 4.30. The molecule has 1 heterocycles. The molecule has 2 rings (SSSR count). The summed E-state index contributed by atoms with van der Waals surface area (Å²) in [6.07, 6.45) is 1.52. The van der Waals surface area contributed by atoms with E-state index in [9.17, 15) is 8.42 Å².